The van der Waals surface area contributed by atoms with Gasteiger partial charge in [-0.05, 0) is 54.1 Å². The van der Waals surface area contributed by atoms with Gasteiger partial charge in [0.1, 0.15) is 0 Å². The number of aromatic amines is 1. The highest BCUT2D eigenvalue weighted by Gasteiger charge is 2.27. The molecule has 1 aromatic heterocycles. The Labute approximate surface area is 198 Å². The lowest BCUT2D eigenvalue weighted by Gasteiger charge is -2.33. The third kappa shape index (κ3) is 6.60. The first-order valence-electron chi connectivity index (χ1n) is 9.81. The average Bonchev–Trinajstić information content (AvgIpc) is 3.30. The van der Waals surface area contributed by atoms with Gasteiger partial charge in [0.05, 0.1) is 5.56 Å². The van der Waals surface area contributed by atoms with Crippen LogP contribution in [-0.4, -0.2) is 41.8 Å². The predicted molar refractivity (Wildman–Crippen MR) is 122 cm³/mol. The number of alkyl halides is 3. The molecule has 0 saturated carbocycles. The Hall–Kier alpha value is -2.81. The van der Waals surface area contributed by atoms with Gasteiger partial charge in [0, 0.05) is 47.1 Å². The number of hydrogen-bond donors (Lipinski definition) is 2. The van der Waals surface area contributed by atoms with Crippen molar-refractivity contribution >= 4 is 41.1 Å². The molecule has 1 atom stereocenters. The van der Waals surface area contributed by atoms with Crippen LogP contribution < -0.4 is 5.32 Å². The van der Waals surface area contributed by atoms with E-state index < -0.39 is 12.5 Å². The first kappa shape index (κ1) is 24.8. The van der Waals surface area contributed by atoms with Gasteiger partial charge < -0.3 is 15.2 Å². The van der Waals surface area contributed by atoms with Crippen LogP contribution in [0.5, 0.6) is 0 Å². The van der Waals surface area contributed by atoms with E-state index in [1.54, 1.807) is 24.5 Å². The second kappa shape index (κ2) is 10.4. The molecule has 1 aliphatic rings. The fraction of sp³-hybridized carbons (Fsp3) is 0.217. The first-order valence-corrected chi connectivity index (χ1v) is 10.6. The topological polar surface area (TPSA) is 65.2 Å². The third-order valence-electron chi connectivity index (χ3n) is 5.06. The van der Waals surface area contributed by atoms with E-state index in [9.17, 15) is 18.0 Å². The van der Waals surface area contributed by atoms with Gasteiger partial charge in [0.25, 0.3) is 5.91 Å². The number of anilines is 1. The fourth-order valence-corrected chi connectivity index (χ4v) is 4.17. The molecule has 1 aliphatic heterocycles. The summed E-state index contributed by atoms with van der Waals surface area (Å²) in [7, 11) is 2.09. The van der Waals surface area contributed by atoms with Gasteiger partial charge >= 0.3 is 6.18 Å². The molecule has 0 fully saturated rings. The Morgan fingerprint density at radius 2 is 1.85 bits per heavy atom. The predicted octanol–water partition coefficient (Wildman–Crippen LogP) is 5.90. The second-order valence-electron chi connectivity index (χ2n) is 7.54. The Kier molecular flexibility index (Phi) is 7.84. The number of amides is 1. The van der Waals surface area contributed by atoms with Gasteiger partial charge in [0.15, 0.2) is 0 Å². The van der Waals surface area contributed by atoms with Crippen molar-refractivity contribution in [2.75, 3.05) is 18.9 Å². The van der Waals surface area contributed by atoms with Gasteiger partial charge in [-0.15, -0.1) is 0 Å². The molecule has 1 amide bonds. The molecule has 174 valence electrons. The van der Waals surface area contributed by atoms with E-state index in [1.165, 1.54) is 11.1 Å². The quantitative estimate of drug-likeness (QED) is 0.442. The number of nitrogens with one attached hydrogen (secondary N) is 2. The molecule has 2 heterocycles. The maximum absolute atomic E-state index is 12.2. The number of carbonyl (C=O) groups is 2. The number of benzene rings is 2. The molecule has 0 aliphatic carbocycles. The van der Waals surface area contributed by atoms with E-state index in [4.69, 9.17) is 28.0 Å². The van der Waals surface area contributed by atoms with Crippen LogP contribution in [0, 0.1) is 0 Å². The zero-order chi connectivity index (χ0) is 24.2. The van der Waals surface area contributed by atoms with Crippen molar-refractivity contribution in [2.24, 2.45) is 0 Å². The van der Waals surface area contributed by atoms with Crippen molar-refractivity contribution in [3.8, 4) is 0 Å². The molecule has 0 radical (unpaired) electrons. The highest BCUT2D eigenvalue weighted by molar-refractivity contribution is 6.35. The summed E-state index contributed by atoms with van der Waals surface area (Å²) in [6.07, 6.45) is -2.30. The zero-order valence-electron chi connectivity index (χ0n) is 17.4. The van der Waals surface area contributed by atoms with E-state index in [0.29, 0.717) is 15.6 Å². The smallest absolute Gasteiger partial charge is 0.367 e. The normalized spacial score (nSPS) is 15.8. The number of rotatable bonds is 3. The van der Waals surface area contributed by atoms with Crippen molar-refractivity contribution in [3.05, 3.63) is 87.2 Å². The van der Waals surface area contributed by atoms with Gasteiger partial charge in [-0.2, -0.15) is 13.2 Å². The summed E-state index contributed by atoms with van der Waals surface area (Å²) in [4.78, 5) is 26.0. The van der Waals surface area contributed by atoms with Crippen molar-refractivity contribution in [1.29, 1.82) is 0 Å². The number of aromatic nitrogens is 1. The van der Waals surface area contributed by atoms with Crippen molar-refractivity contribution in [2.45, 2.75) is 18.6 Å². The van der Waals surface area contributed by atoms with Crippen molar-refractivity contribution in [1.82, 2.24) is 9.88 Å². The number of hydrogen-bond acceptors (Lipinski definition) is 3. The number of halogens is 5. The maximum Gasteiger partial charge on any atom is 0.446 e. The Bertz CT molecular complexity index is 1120. The lowest BCUT2D eigenvalue weighted by Crippen LogP contribution is -2.31. The molecule has 5 nitrogen and oxygen atoms in total. The van der Waals surface area contributed by atoms with Crippen molar-refractivity contribution in [3.63, 3.8) is 0 Å². The van der Waals surface area contributed by atoms with E-state index in [1.807, 2.05) is 18.2 Å². The number of carbonyl (C=O) groups excluding carboxylic acids is 2. The van der Waals surface area contributed by atoms with Gasteiger partial charge in [-0.1, -0.05) is 35.3 Å². The van der Waals surface area contributed by atoms with Crippen LogP contribution in [0.15, 0.2) is 54.9 Å². The SMILES string of the molecule is CN1Cc2c(Cl)cc(Cl)cc2C(c2ccc(NC(=O)c3cc[nH]c3)cc2)C1.O=CC(F)(F)F. The highest BCUT2D eigenvalue weighted by atomic mass is 35.5. The summed E-state index contributed by atoms with van der Waals surface area (Å²) in [5, 5.41) is 4.28. The highest BCUT2D eigenvalue weighted by Crippen LogP contribution is 2.38. The summed E-state index contributed by atoms with van der Waals surface area (Å²) in [6.45, 7) is 1.70. The number of likely N-dealkylation sites (N-methyl/N-ethyl adjacent to an activating group) is 1. The summed E-state index contributed by atoms with van der Waals surface area (Å²) < 4.78 is 31.2. The number of fused-ring (bicyclic) bond motifs is 1. The largest absolute Gasteiger partial charge is 0.446 e. The molecule has 10 heteroatoms. The zero-order valence-corrected chi connectivity index (χ0v) is 18.9. The second-order valence-corrected chi connectivity index (χ2v) is 8.38. The van der Waals surface area contributed by atoms with Crippen LogP contribution in [0.3, 0.4) is 0 Å². The molecule has 0 saturated heterocycles. The van der Waals surface area contributed by atoms with Gasteiger partial charge in [0.2, 0.25) is 6.29 Å². The van der Waals surface area contributed by atoms with Crippen LogP contribution in [0.2, 0.25) is 10.0 Å². The Balaban J connectivity index is 0.000000454. The molecule has 4 rings (SSSR count). The van der Waals surface area contributed by atoms with Gasteiger partial charge in [-0.3, -0.25) is 9.59 Å². The molecule has 3 aromatic rings. The fourth-order valence-electron chi connectivity index (χ4n) is 3.60. The Morgan fingerprint density at radius 1 is 1.18 bits per heavy atom. The summed E-state index contributed by atoms with van der Waals surface area (Å²) in [5.74, 6) is 0.0506. The molecular weight excluding hydrogens is 478 g/mol. The van der Waals surface area contributed by atoms with E-state index >= 15 is 0 Å². The van der Waals surface area contributed by atoms with Gasteiger partial charge in [-0.25, -0.2) is 0 Å². The van der Waals surface area contributed by atoms with Crippen LogP contribution in [-0.2, 0) is 11.3 Å². The molecule has 0 spiro atoms. The summed E-state index contributed by atoms with van der Waals surface area (Å²) in [6, 6.07) is 13.5. The minimum atomic E-state index is -4.64. The molecule has 33 heavy (non-hydrogen) atoms. The van der Waals surface area contributed by atoms with Crippen LogP contribution in [0.1, 0.15) is 33.0 Å². The average molecular weight is 498 g/mol. The molecular formula is C23H20Cl2F3N3O2. The monoisotopic (exact) mass is 497 g/mol. The maximum atomic E-state index is 12.2. The van der Waals surface area contributed by atoms with Crippen LogP contribution in [0.25, 0.3) is 0 Å². The molecule has 2 N–H and O–H groups in total. The minimum Gasteiger partial charge on any atom is -0.367 e. The molecule has 1 unspecified atom stereocenters. The molecule has 0 bridgehead atoms. The lowest BCUT2D eigenvalue weighted by atomic mass is 9.84. The van der Waals surface area contributed by atoms with Crippen LogP contribution >= 0.6 is 23.2 Å². The van der Waals surface area contributed by atoms with Crippen LogP contribution in [0.4, 0.5) is 18.9 Å². The van der Waals surface area contributed by atoms with E-state index in [0.717, 1.165) is 24.3 Å². The lowest BCUT2D eigenvalue weighted by molar-refractivity contribution is -0.156. The molecule has 2 aromatic carbocycles. The number of H-pyrrole nitrogens is 1. The number of nitrogens with zero attached hydrogens (tertiary/aromatic N) is 1. The summed E-state index contributed by atoms with van der Waals surface area (Å²) >= 11 is 12.7. The van der Waals surface area contributed by atoms with E-state index in [-0.39, 0.29) is 11.8 Å². The minimum absolute atomic E-state index is 0.134. The van der Waals surface area contributed by atoms with Crippen molar-refractivity contribution < 1.29 is 22.8 Å². The Morgan fingerprint density at radius 3 is 2.42 bits per heavy atom. The number of aldehydes is 1. The summed E-state index contributed by atoms with van der Waals surface area (Å²) in [5.41, 5.74) is 4.84. The third-order valence-corrected chi connectivity index (χ3v) is 5.61. The van der Waals surface area contributed by atoms with E-state index in [2.05, 4.69) is 34.4 Å². The standard InChI is InChI=1S/C21H19Cl2N3O.C2HF3O/c1-26-11-18(17-8-15(22)9-20(23)19(17)12-26)13-2-4-16(5-3-13)25-21(27)14-6-7-24-10-14;3-2(4,5)1-6/h2-10,18,24H,11-12H2,1H3,(H,25,27);1H. The first-order chi connectivity index (χ1) is 15.6.